The van der Waals surface area contributed by atoms with Crippen molar-refractivity contribution in [3.63, 3.8) is 0 Å². The number of amides is 1. The first-order chi connectivity index (χ1) is 14.1. The summed E-state index contributed by atoms with van der Waals surface area (Å²) in [6, 6.07) is 20.5. The van der Waals surface area contributed by atoms with Gasteiger partial charge in [-0.1, -0.05) is 54.6 Å². The lowest BCUT2D eigenvalue weighted by molar-refractivity contribution is -0.121. The summed E-state index contributed by atoms with van der Waals surface area (Å²) in [5.74, 6) is 0.832. The van der Waals surface area contributed by atoms with E-state index >= 15 is 0 Å². The number of hydrogen-bond acceptors (Lipinski definition) is 4. The van der Waals surface area contributed by atoms with Gasteiger partial charge in [0.2, 0.25) is 5.88 Å². The fourth-order valence-corrected chi connectivity index (χ4v) is 4.02. The largest absolute Gasteiger partial charge is 0.466 e. The molecule has 1 saturated carbocycles. The number of carbonyl (C=O) groups excluding carboxylic acids is 1. The molecule has 5 rings (SSSR count). The summed E-state index contributed by atoms with van der Waals surface area (Å²) < 4.78 is 5.63. The third-order valence-electron chi connectivity index (χ3n) is 5.89. The topological polar surface area (TPSA) is 62.7 Å². The van der Waals surface area contributed by atoms with E-state index in [4.69, 9.17) is 9.72 Å². The lowest BCUT2D eigenvalue weighted by Gasteiger charge is -2.31. The Kier molecular flexibility index (Phi) is 4.32. The Morgan fingerprint density at radius 1 is 1.03 bits per heavy atom. The van der Waals surface area contributed by atoms with Crippen LogP contribution in [0.5, 0.6) is 5.88 Å². The lowest BCUT2D eigenvalue weighted by Crippen LogP contribution is -2.35. The van der Waals surface area contributed by atoms with Gasteiger partial charge in [-0.25, -0.2) is 4.98 Å². The second kappa shape index (κ2) is 7.01. The summed E-state index contributed by atoms with van der Waals surface area (Å²) in [5, 5.41) is 9.58. The number of fused-ring (bicyclic) bond motifs is 1. The minimum atomic E-state index is -0.163. The number of benzene rings is 2. The van der Waals surface area contributed by atoms with E-state index in [1.807, 2.05) is 36.4 Å². The van der Waals surface area contributed by atoms with E-state index < -0.39 is 0 Å². The first-order valence-electron chi connectivity index (χ1n) is 9.88. The maximum absolute atomic E-state index is 12.1. The van der Waals surface area contributed by atoms with Crippen LogP contribution < -0.4 is 9.64 Å². The van der Waals surface area contributed by atoms with E-state index in [0.29, 0.717) is 17.5 Å². The molecule has 0 unspecified atom stereocenters. The van der Waals surface area contributed by atoms with Crippen molar-refractivity contribution >= 4 is 11.6 Å². The molecule has 0 radical (unpaired) electrons. The Balaban J connectivity index is 1.61. The molecule has 146 valence electrons. The molecule has 5 nitrogen and oxygen atoms in total. The average Bonchev–Trinajstić information content (AvgIpc) is 2.74. The van der Waals surface area contributed by atoms with Crippen molar-refractivity contribution in [1.82, 2.24) is 4.98 Å². The highest BCUT2D eigenvalue weighted by atomic mass is 16.5. The quantitative estimate of drug-likeness (QED) is 0.739. The van der Waals surface area contributed by atoms with Gasteiger partial charge in [-0.15, -0.1) is 0 Å². The Bertz CT molecular complexity index is 1060. The van der Waals surface area contributed by atoms with Crippen LogP contribution in [-0.2, 0) is 4.79 Å². The summed E-state index contributed by atoms with van der Waals surface area (Å²) >= 11 is 0. The van der Waals surface area contributed by atoms with Crippen LogP contribution in [0.2, 0.25) is 0 Å². The molecule has 1 aliphatic carbocycles. The van der Waals surface area contributed by atoms with Gasteiger partial charge >= 0.3 is 0 Å². The fraction of sp³-hybridized carbons (Fsp3) is 0.250. The van der Waals surface area contributed by atoms with Crippen LogP contribution >= 0.6 is 0 Å². The molecule has 29 heavy (non-hydrogen) atoms. The zero-order valence-corrected chi connectivity index (χ0v) is 16.2. The lowest BCUT2D eigenvalue weighted by atomic mass is 9.77. The van der Waals surface area contributed by atoms with Gasteiger partial charge in [-0.3, -0.25) is 4.79 Å². The average molecular weight is 386 g/mol. The number of ether oxygens (including phenoxy) is 1. The highest BCUT2D eigenvalue weighted by Crippen LogP contribution is 2.41. The third kappa shape index (κ3) is 3.17. The van der Waals surface area contributed by atoms with Crippen LogP contribution in [0.15, 0.2) is 60.7 Å². The Morgan fingerprint density at radius 2 is 1.76 bits per heavy atom. The zero-order valence-electron chi connectivity index (χ0n) is 16.2. The van der Waals surface area contributed by atoms with E-state index in [1.165, 1.54) is 5.56 Å². The van der Waals surface area contributed by atoms with E-state index in [0.717, 1.165) is 35.2 Å². The number of rotatable bonds is 3. The molecule has 1 aliphatic heterocycles. The molecule has 1 amide bonds. The zero-order chi connectivity index (χ0) is 20.0. The van der Waals surface area contributed by atoms with E-state index in [-0.39, 0.29) is 18.6 Å². The third-order valence-corrected chi connectivity index (χ3v) is 5.89. The summed E-state index contributed by atoms with van der Waals surface area (Å²) in [6.45, 7) is 0.00354. The number of aromatic nitrogens is 1. The van der Waals surface area contributed by atoms with Crippen molar-refractivity contribution in [1.29, 1.82) is 0 Å². The first-order valence-corrected chi connectivity index (χ1v) is 9.88. The van der Waals surface area contributed by atoms with E-state index in [9.17, 15) is 9.90 Å². The monoisotopic (exact) mass is 386 g/mol. The molecule has 0 saturated heterocycles. The molecule has 5 heteroatoms. The molecular formula is C24H22N2O3. The molecule has 2 aromatic carbocycles. The van der Waals surface area contributed by atoms with Crippen LogP contribution in [0, 0.1) is 0 Å². The summed E-state index contributed by atoms with van der Waals surface area (Å²) in [6.07, 6.45) is 1.50. The Morgan fingerprint density at radius 3 is 2.45 bits per heavy atom. The molecule has 2 aliphatic rings. The smallest absolute Gasteiger partial charge is 0.264 e. The second-order valence-electron chi connectivity index (χ2n) is 7.76. The van der Waals surface area contributed by atoms with Gasteiger partial charge in [-0.2, -0.15) is 0 Å². The summed E-state index contributed by atoms with van der Waals surface area (Å²) in [4.78, 5) is 18.5. The van der Waals surface area contributed by atoms with Gasteiger partial charge in [-0.05, 0) is 36.0 Å². The van der Waals surface area contributed by atoms with Crippen molar-refractivity contribution in [3.8, 4) is 28.3 Å². The normalized spacial score (nSPS) is 20.6. The number of hydrogen-bond donors (Lipinski definition) is 1. The first kappa shape index (κ1) is 17.9. The highest BCUT2D eigenvalue weighted by molar-refractivity contribution is 5.98. The van der Waals surface area contributed by atoms with Gasteiger partial charge in [0.05, 0.1) is 11.8 Å². The molecule has 0 atom stereocenters. The number of aliphatic hydroxyl groups is 1. The molecule has 1 N–H and O–H groups in total. The SMILES string of the molecule is CN1C(=O)COc2nc(-c3ccc(C4CC(O)C4)cc3)c(-c3ccccc3)cc21. The van der Waals surface area contributed by atoms with Crippen molar-refractivity contribution in [3.05, 3.63) is 66.2 Å². The van der Waals surface area contributed by atoms with Crippen LogP contribution in [0.3, 0.4) is 0 Å². The number of carbonyl (C=O) groups is 1. The predicted molar refractivity (Wildman–Crippen MR) is 112 cm³/mol. The number of aliphatic hydroxyl groups excluding tert-OH is 1. The van der Waals surface area contributed by atoms with Crippen LogP contribution in [0.25, 0.3) is 22.4 Å². The molecule has 1 fully saturated rings. The molecule has 2 heterocycles. The molecule has 0 bridgehead atoms. The minimum absolute atomic E-state index is 0.00354. The number of anilines is 1. The number of nitrogens with zero attached hydrogens (tertiary/aromatic N) is 2. The minimum Gasteiger partial charge on any atom is -0.466 e. The Hall–Kier alpha value is -3.18. The van der Waals surface area contributed by atoms with E-state index in [1.54, 1.807) is 11.9 Å². The van der Waals surface area contributed by atoms with Crippen LogP contribution in [-0.4, -0.2) is 35.8 Å². The Labute approximate surface area is 169 Å². The van der Waals surface area contributed by atoms with Crippen molar-refractivity contribution in [2.24, 2.45) is 0 Å². The maximum Gasteiger partial charge on any atom is 0.264 e. The van der Waals surface area contributed by atoms with Gasteiger partial charge in [0.25, 0.3) is 5.91 Å². The van der Waals surface area contributed by atoms with Gasteiger partial charge in [0, 0.05) is 18.2 Å². The van der Waals surface area contributed by atoms with Gasteiger partial charge in [0.1, 0.15) is 5.69 Å². The van der Waals surface area contributed by atoms with E-state index in [2.05, 4.69) is 24.3 Å². The van der Waals surface area contributed by atoms with Crippen molar-refractivity contribution in [2.45, 2.75) is 24.9 Å². The van der Waals surface area contributed by atoms with Crippen molar-refractivity contribution < 1.29 is 14.6 Å². The fourth-order valence-electron chi connectivity index (χ4n) is 4.02. The van der Waals surface area contributed by atoms with Crippen LogP contribution in [0.1, 0.15) is 24.3 Å². The number of pyridine rings is 1. The standard InChI is InChI=1S/C24H22N2O3/c1-26-21-13-20(16-5-3-2-4-6-16)23(25-24(21)29-14-22(26)28)17-9-7-15(8-10-17)18-11-19(27)12-18/h2-10,13,18-19,27H,11-12,14H2,1H3. The molecule has 0 spiro atoms. The molecule has 3 aromatic rings. The summed E-state index contributed by atoms with van der Waals surface area (Å²) in [7, 11) is 1.75. The highest BCUT2D eigenvalue weighted by Gasteiger charge is 2.29. The van der Waals surface area contributed by atoms with Gasteiger partial charge in [0.15, 0.2) is 6.61 Å². The van der Waals surface area contributed by atoms with Gasteiger partial charge < -0.3 is 14.7 Å². The predicted octanol–water partition coefficient (Wildman–Crippen LogP) is 4.01. The molecular weight excluding hydrogens is 364 g/mol. The number of likely N-dealkylation sites (N-methyl/N-ethyl adjacent to an activating group) is 1. The molecule has 1 aromatic heterocycles. The summed E-state index contributed by atoms with van der Waals surface area (Å²) in [5.41, 5.74) is 5.76. The maximum atomic E-state index is 12.1. The second-order valence-corrected chi connectivity index (χ2v) is 7.76. The van der Waals surface area contributed by atoms with Crippen LogP contribution in [0.4, 0.5) is 5.69 Å². The van der Waals surface area contributed by atoms with Crippen molar-refractivity contribution in [2.75, 3.05) is 18.6 Å².